The predicted molar refractivity (Wildman–Crippen MR) is 168 cm³/mol. The molecule has 1 aliphatic heterocycles. The van der Waals surface area contributed by atoms with Gasteiger partial charge in [0.15, 0.2) is 5.82 Å². The minimum absolute atomic E-state index is 0.151. The van der Waals surface area contributed by atoms with Crippen LogP contribution in [0.5, 0.6) is 0 Å². The quantitative estimate of drug-likeness (QED) is 0.241. The highest BCUT2D eigenvalue weighted by molar-refractivity contribution is 6.47. The molecule has 1 atom stereocenters. The lowest BCUT2D eigenvalue weighted by molar-refractivity contribution is -0.133. The fourth-order valence-corrected chi connectivity index (χ4v) is 6.85. The van der Waals surface area contributed by atoms with Crippen LogP contribution in [0, 0.1) is 17.2 Å². The van der Waals surface area contributed by atoms with Crippen LogP contribution in [-0.2, 0) is 11.3 Å². The number of rotatable bonds is 10. The van der Waals surface area contributed by atoms with Crippen molar-refractivity contribution in [3.63, 3.8) is 0 Å². The summed E-state index contributed by atoms with van der Waals surface area (Å²) in [7, 11) is 0. The van der Waals surface area contributed by atoms with Crippen molar-refractivity contribution >= 4 is 29.1 Å². The predicted octanol–water partition coefficient (Wildman–Crippen LogP) is 6.81. The Morgan fingerprint density at radius 3 is 2.50 bits per heavy atom. The number of aliphatic imine (C=N–C) groups is 1. The SMILES string of the molecule is CCCCC[C@H](c1ccc(C(=O)NCc2nn[nH]n2)cc1)N1C(=O)C(c2cc(F)cc(Cl)c2)=NC12CCC(C(C)(C)C)CC2. The van der Waals surface area contributed by atoms with Gasteiger partial charge in [0.2, 0.25) is 0 Å². The third kappa shape index (κ3) is 6.85. The number of benzene rings is 2. The Hall–Kier alpha value is -3.66. The Balaban J connectivity index is 1.48. The molecule has 2 amide bonds. The van der Waals surface area contributed by atoms with Crippen molar-refractivity contribution in [2.75, 3.05) is 0 Å². The van der Waals surface area contributed by atoms with E-state index in [4.69, 9.17) is 16.6 Å². The van der Waals surface area contributed by atoms with Gasteiger partial charge in [0.25, 0.3) is 11.8 Å². The molecule has 1 aliphatic carbocycles. The monoisotopic (exact) mass is 621 g/mol. The lowest BCUT2D eigenvalue weighted by Gasteiger charge is -2.47. The summed E-state index contributed by atoms with van der Waals surface area (Å²) < 4.78 is 14.5. The molecule has 1 spiro atoms. The molecule has 1 saturated carbocycles. The van der Waals surface area contributed by atoms with Gasteiger partial charge in [0, 0.05) is 16.1 Å². The highest BCUT2D eigenvalue weighted by Crippen LogP contribution is 2.50. The van der Waals surface area contributed by atoms with E-state index in [2.05, 4.69) is 53.6 Å². The molecule has 0 radical (unpaired) electrons. The van der Waals surface area contributed by atoms with Crippen molar-refractivity contribution in [1.29, 1.82) is 0 Å². The molecule has 11 heteroatoms. The van der Waals surface area contributed by atoms with E-state index in [1.165, 1.54) is 12.1 Å². The van der Waals surface area contributed by atoms with Crippen LogP contribution < -0.4 is 5.32 Å². The van der Waals surface area contributed by atoms with Crippen LogP contribution in [0.4, 0.5) is 4.39 Å². The molecule has 0 bridgehead atoms. The average molecular weight is 622 g/mol. The van der Waals surface area contributed by atoms with E-state index in [-0.39, 0.29) is 40.6 Å². The number of hydrogen-bond acceptors (Lipinski definition) is 6. The van der Waals surface area contributed by atoms with Crippen molar-refractivity contribution in [2.45, 2.75) is 97.3 Å². The summed E-state index contributed by atoms with van der Waals surface area (Å²) in [6.45, 7) is 9.11. The van der Waals surface area contributed by atoms with E-state index in [0.29, 0.717) is 22.9 Å². The number of tetrazole rings is 1. The number of nitrogens with zero attached hydrogens (tertiary/aromatic N) is 5. The summed E-state index contributed by atoms with van der Waals surface area (Å²) in [4.78, 5) is 34.4. The molecule has 2 aromatic carbocycles. The van der Waals surface area contributed by atoms with Gasteiger partial charge >= 0.3 is 0 Å². The summed E-state index contributed by atoms with van der Waals surface area (Å²) in [6.07, 6.45) is 7.09. The number of aromatic nitrogens is 4. The van der Waals surface area contributed by atoms with Gasteiger partial charge in [0.05, 0.1) is 12.6 Å². The standard InChI is InChI=1S/C33H41ClFN7O2/c1-5-6-7-8-27(21-9-11-22(12-10-21)30(43)36-20-28-38-40-41-39-28)42-31(44)29(23-17-25(34)19-26(35)18-23)37-33(42)15-13-24(14-16-33)32(2,3)4/h9-12,17-19,24,27H,5-8,13-16,20H2,1-4H3,(H,36,43)(H,38,39,40,41)/t24?,27-,33?/m1/s1. The van der Waals surface area contributed by atoms with E-state index in [1.54, 1.807) is 18.2 Å². The Bertz CT molecular complexity index is 1470. The number of H-pyrrole nitrogens is 1. The zero-order chi connectivity index (χ0) is 31.5. The maximum atomic E-state index is 14.5. The smallest absolute Gasteiger partial charge is 0.275 e. The number of aromatic amines is 1. The van der Waals surface area contributed by atoms with Crippen LogP contribution in [0.2, 0.25) is 5.02 Å². The maximum absolute atomic E-state index is 14.5. The second-order valence-electron chi connectivity index (χ2n) is 13.1. The van der Waals surface area contributed by atoms with E-state index < -0.39 is 11.5 Å². The molecule has 3 aromatic rings. The fraction of sp³-hybridized carbons (Fsp3) is 0.515. The molecular formula is C33H41ClFN7O2. The lowest BCUT2D eigenvalue weighted by Crippen LogP contribution is -2.51. The van der Waals surface area contributed by atoms with Crippen molar-refractivity contribution in [2.24, 2.45) is 16.3 Å². The average Bonchev–Trinajstić information content (AvgIpc) is 3.60. The number of carbonyl (C=O) groups excluding carboxylic acids is 2. The van der Waals surface area contributed by atoms with Gasteiger partial charge in [0.1, 0.15) is 17.2 Å². The molecule has 0 unspecified atom stereocenters. The minimum Gasteiger partial charge on any atom is -0.345 e. The first-order chi connectivity index (χ1) is 21.0. The highest BCUT2D eigenvalue weighted by atomic mass is 35.5. The number of carbonyl (C=O) groups is 2. The van der Waals surface area contributed by atoms with Crippen LogP contribution in [0.3, 0.4) is 0 Å². The van der Waals surface area contributed by atoms with Gasteiger partial charge in [-0.15, -0.1) is 10.2 Å². The Morgan fingerprint density at radius 2 is 1.89 bits per heavy atom. The molecular weight excluding hydrogens is 581 g/mol. The first-order valence-corrected chi connectivity index (χ1v) is 15.9. The number of unbranched alkanes of at least 4 members (excludes halogenated alkanes) is 2. The molecule has 5 rings (SSSR count). The Kier molecular flexibility index (Phi) is 9.48. The number of hydrogen-bond donors (Lipinski definition) is 2. The van der Waals surface area contributed by atoms with Gasteiger partial charge in [-0.05, 0) is 79.3 Å². The van der Waals surface area contributed by atoms with Crippen LogP contribution in [0.25, 0.3) is 0 Å². The third-order valence-electron chi connectivity index (χ3n) is 9.08. The van der Waals surface area contributed by atoms with E-state index in [1.807, 2.05) is 17.0 Å². The first kappa shape index (κ1) is 31.8. The minimum atomic E-state index is -0.732. The Morgan fingerprint density at radius 1 is 1.16 bits per heavy atom. The van der Waals surface area contributed by atoms with Crippen molar-refractivity contribution in [1.82, 2.24) is 30.8 Å². The molecule has 44 heavy (non-hydrogen) atoms. The van der Waals surface area contributed by atoms with Crippen LogP contribution >= 0.6 is 11.6 Å². The summed E-state index contributed by atoms with van der Waals surface area (Å²) >= 11 is 6.23. The molecule has 2 aliphatic rings. The largest absolute Gasteiger partial charge is 0.345 e. The van der Waals surface area contributed by atoms with Crippen molar-refractivity contribution in [3.05, 3.63) is 75.8 Å². The maximum Gasteiger partial charge on any atom is 0.275 e. The first-order valence-electron chi connectivity index (χ1n) is 15.5. The van der Waals surface area contributed by atoms with Gasteiger partial charge in [-0.3, -0.25) is 14.6 Å². The number of halogens is 2. The highest BCUT2D eigenvalue weighted by Gasteiger charge is 2.52. The molecule has 1 aromatic heterocycles. The van der Waals surface area contributed by atoms with Crippen molar-refractivity contribution in [3.8, 4) is 0 Å². The van der Waals surface area contributed by atoms with Crippen LogP contribution in [0.15, 0.2) is 47.5 Å². The third-order valence-corrected chi connectivity index (χ3v) is 9.30. The molecule has 0 saturated heterocycles. The van der Waals surface area contributed by atoms with Gasteiger partial charge < -0.3 is 10.2 Å². The van der Waals surface area contributed by atoms with E-state index in [0.717, 1.165) is 56.9 Å². The summed E-state index contributed by atoms with van der Waals surface area (Å²) in [6, 6.07) is 11.4. The second-order valence-corrected chi connectivity index (χ2v) is 13.5. The summed E-state index contributed by atoms with van der Waals surface area (Å²) in [5, 5.41) is 16.6. The van der Waals surface area contributed by atoms with Crippen LogP contribution in [-0.4, -0.2) is 48.7 Å². The Labute approximate surface area is 263 Å². The van der Waals surface area contributed by atoms with Gasteiger partial charge in [-0.2, -0.15) is 5.21 Å². The zero-order valence-electron chi connectivity index (χ0n) is 25.9. The zero-order valence-corrected chi connectivity index (χ0v) is 26.6. The summed E-state index contributed by atoms with van der Waals surface area (Å²) in [5.41, 5.74) is 1.52. The molecule has 1 fully saturated rings. The van der Waals surface area contributed by atoms with E-state index in [9.17, 15) is 14.0 Å². The normalized spacial score (nSPS) is 21.0. The van der Waals surface area contributed by atoms with E-state index >= 15 is 0 Å². The number of nitrogens with one attached hydrogen (secondary N) is 2. The van der Waals surface area contributed by atoms with Crippen LogP contribution in [0.1, 0.15) is 112 Å². The topological polar surface area (TPSA) is 116 Å². The molecule has 9 nitrogen and oxygen atoms in total. The lowest BCUT2D eigenvalue weighted by atomic mass is 9.69. The van der Waals surface area contributed by atoms with Crippen molar-refractivity contribution < 1.29 is 14.0 Å². The fourth-order valence-electron chi connectivity index (χ4n) is 6.63. The molecule has 2 heterocycles. The van der Waals surface area contributed by atoms with Gasteiger partial charge in [-0.25, -0.2) is 4.39 Å². The summed E-state index contributed by atoms with van der Waals surface area (Å²) in [5.74, 6) is -0.0623. The second kappa shape index (κ2) is 13.1. The van der Waals surface area contributed by atoms with Gasteiger partial charge in [-0.1, -0.05) is 75.9 Å². The number of amides is 2. The molecule has 234 valence electrons. The molecule has 2 N–H and O–H groups in total.